The van der Waals surface area contributed by atoms with Crippen LogP contribution < -0.4 is 5.32 Å². The molecule has 4 heteroatoms. The zero-order valence-corrected chi connectivity index (χ0v) is 12.2. The fourth-order valence-electron chi connectivity index (χ4n) is 3.00. The number of phenols is 1. The van der Waals surface area contributed by atoms with Crippen molar-refractivity contribution in [3.63, 3.8) is 0 Å². The van der Waals surface area contributed by atoms with Gasteiger partial charge in [0.05, 0.1) is 0 Å². The normalized spacial score (nSPS) is 16.3. The molecule has 3 rings (SSSR count). The van der Waals surface area contributed by atoms with Gasteiger partial charge in [-0.15, -0.1) is 0 Å². The molecule has 21 heavy (non-hydrogen) atoms. The predicted octanol–water partition coefficient (Wildman–Crippen LogP) is 2.37. The zero-order chi connectivity index (χ0) is 14.8. The number of hydrogen-bond acceptors (Lipinski definition) is 3. The lowest BCUT2D eigenvalue weighted by Gasteiger charge is -2.32. The first-order chi connectivity index (χ1) is 10.2. The first-order valence-electron chi connectivity index (χ1n) is 7.37. The second kappa shape index (κ2) is 5.74. The molecule has 1 aliphatic heterocycles. The molecule has 2 aromatic carbocycles. The molecule has 0 atom stereocenters. The van der Waals surface area contributed by atoms with Crippen LogP contribution in [0.5, 0.6) is 5.75 Å². The summed E-state index contributed by atoms with van der Waals surface area (Å²) < 4.78 is 0. The Kier molecular flexibility index (Phi) is 3.80. The highest BCUT2D eigenvalue weighted by atomic mass is 16.3. The van der Waals surface area contributed by atoms with E-state index in [2.05, 4.69) is 5.32 Å². The summed E-state index contributed by atoms with van der Waals surface area (Å²) in [6.07, 6.45) is 1.99. The molecule has 0 spiro atoms. The van der Waals surface area contributed by atoms with Crippen molar-refractivity contribution in [2.45, 2.75) is 18.9 Å². The number of phenolic OH excluding ortho intramolecular Hbond substituents is 1. The van der Waals surface area contributed by atoms with E-state index >= 15 is 0 Å². The summed E-state index contributed by atoms with van der Waals surface area (Å²) in [6, 6.07) is 11.3. The number of carbonyl (C=O) groups excluding carboxylic acids is 1. The van der Waals surface area contributed by atoms with Crippen LogP contribution in [0.2, 0.25) is 0 Å². The second-order valence-electron chi connectivity index (χ2n) is 5.57. The van der Waals surface area contributed by atoms with Crippen molar-refractivity contribution in [3.8, 4) is 5.75 Å². The molecule has 0 unspecified atom stereocenters. The Bertz CT molecular complexity index is 661. The third-order valence-electron chi connectivity index (χ3n) is 4.28. The van der Waals surface area contributed by atoms with E-state index in [1.165, 1.54) is 0 Å². The number of amides is 1. The van der Waals surface area contributed by atoms with Crippen LogP contribution in [0.4, 0.5) is 0 Å². The van der Waals surface area contributed by atoms with Gasteiger partial charge in [0.2, 0.25) is 0 Å². The highest BCUT2D eigenvalue weighted by molar-refractivity contribution is 6.07. The van der Waals surface area contributed by atoms with Crippen LogP contribution in [0.25, 0.3) is 10.8 Å². The highest BCUT2D eigenvalue weighted by Crippen LogP contribution is 2.25. The van der Waals surface area contributed by atoms with Gasteiger partial charge in [-0.05, 0) is 54.9 Å². The van der Waals surface area contributed by atoms with E-state index in [9.17, 15) is 9.90 Å². The van der Waals surface area contributed by atoms with E-state index in [4.69, 9.17) is 0 Å². The summed E-state index contributed by atoms with van der Waals surface area (Å²) in [5.41, 5.74) is 0.718. The number of carbonyl (C=O) groups is 1. The molecule has 0 saturated carbocycles. The Labute approximate surface area is 124 Å². The van der Waals surface area contributed by atoms with Crippen LogP contribution in [0.15, 0.2) is 36.4 Å². The lowest BCUT2D eigenvalue weighted by Crippen LogP contribution is -2.44. The Morgan fingerprint density at radius 3 is 2.71 bits per heavy atom. The quantitative estimate of drug-likeness (QED) is 0.890. The summed E-state index contributed by atoms with van der Waals surface area (Å²) in [7, 11) is 1.97. The summed E-state index contributed by atoms with van der Waals surface area (Å²) in [5, 5.41) is 14.6. The van der Waals surface area contributed by atoms with Gasteiger partial charge in [-0.25, -0.2) is 0 Å². The Hall–Kier alpha value is -2.07. The lowest BCUT2D eigenvalue weighted by molar-refractivity contribution is 0.0709. The van der Waals surface area contributed by atoms with Gasteiger partial charge in [0, 0.05) is 24.7 Å². The number of fused-ring (bicyclic) bond motifs is 1. The molecular formula is C17H20N2O2. The zero-order valence-electron chi connectivity index (χ0n) is 12.2. The average molecular weight is 284 g/mol. The van der Waals surface area contributed by atoms with Crippen LogP contribution in [-0.4, -0.2) is 42.1 Å². The number of hydrogen-bond donors (Lipinski definition) is 2. The number of rotatable bonds is 2. The van der Waals surface area contributed by atoms with Gasteiger partial charge in [-0.3, -0.25) is 4.79 Å². The van der Waals surface area contributed by atoms with Crippen molar-refractivity contribution in [3.05, 3.63) is 42.0 Å². The SMILES string of the molecule is CNC1CCN(C(=O)c2cccc3cc(O)ccc23)CC1. The van der Waals surface area contributed by atoms with Gasteiger partial charge < -0.3 is 15.3 Å². The molecule has 110 valence electrons. The minimum Gasteiger partial charge on any atom is -0.508 e. The summed E-state index contributed by atoms with van der Waals surface area (Å²) >= 11 is 0. The molecule has 1 amide bonds. The smallest absolute Gasteiger partial charge is 0.254 e. The number of benzene rings is 2. The predicted molar refractivity (Wildman–Crippen MR) is 83.6 cm³/mol. The summed E-state index contributed by atoms with van der Waals surface area (Å²) in [6.45, 7) is 1.58. The molecule has 1 heterocycles. The first kappa shape index (κ1) is 13.9. The molecule has 4 nitrogen and oxygen atoms in total. The summed E-state index contributed by atoms with van der Waals surface area (Å²) in [5.74, 6) is 0.308. The van der Waals surface area contributed by atoms with Gasteiger partial charge in [0.1, 0.15) is 5.75 Å². The molecule has 0 bridgehead atoms. The van der Waals surface area contributed by atoms with E-state index in [1.807, 2.05) is 36.2 Å². The molecule has 1 aliphatic rings. The Morgan fingerprint density at radius 2 is 2.00 bits per heavy atom. The molecule has 1 saturated heterocycles. The minimum absolute atomic E-state index is 0.0841. The molecule has 1 fully saturated rings. The number of likely N-dealkylation sites (tertiary alicyclic amines) is 1. The van der Waals surface area contributed by atoms with Crippen molar-refractivity contribution >= 4 is 16.7 Å². The van der Waals surface area contributed by atoms with Crippen molar-refractivity contribution in [2.75, 3.05) is 20.1 Å². The standard InChI is InChI=1S/C17H20N2O2/c1-18-13-7-9-19(10-8-13)17(21)16-4-2-3-12-11-14(20)5-6-15(12)16/h2-6,11,13,18,20H,7-10H2,1H3. The van der Waals surface area contributed by atoms with Crippen molar-refractivity contribution in [1.82, 2.24) is 10.2 Å². The molecule has 0 aliphatic carbocycles. The van der Waals surface area contributed by atoms with Gasteiger partial charge in [0.15, 0.2) is 0 Å². The van der Waals surface area contributed by atoms with Gasteiger partial charge >= 0.3 is 0 Å². The van der Waals surface area contributed by atoms with Crippen LogP contribution in [0.1, 0.15) is 23.2 Å². The second-order valence-corrected chi connectivity index (χ2v) is 5.57. The maximum Gasteiger partial charge on any atom is 0.254 e. The van der Waals surface area contributed by atoms with Crippen molar-refractivity contribution in [2.24, 2.45) is 0 Å². The average Bonchev–Trinajstić information content (AvgIpc) is 2.53. The van der Waals surface area contributed by atoms with Crippen LogP contribution >= 0.6 is 0 Å². The van der Waals surface area contributed by atoms with Gasteiger partial charge in [-0.1, -0.05) is 12.1 Å². The highest BCUT2D eigenvalue weighted by Gasteiger charge is 2.23. The third kappa shape index (κ3) is 2.72. The van der Waals surface area contributed by atoms with E-state index in [1.54, 1.807) is 12.1 Å². The van der Waals surface area contributed by atoms with Crippen molar-refractivity contribution in [1.29, 1.82) is 0 Å². The topological polar surface area (TPSA) is 52.6 Å². The maximum absolute atomic E-state index is 12.7. The molecule has 0 aromatic heterocycles. The fourth-order valence-corrected chi connectivity index (χ4v) is 3.00. The Balaban J connectivity index is 1.88. The summed E-state index contributed by atoms with van der Waals surface area (Å²) in [4.78, 5) is 14.7. The largest absolute Gasteiger partial charge is 0.508 e. The molecule has 0 radical (unpaired) electrons. The van der Waals surface area contributed by atoms with E-state index in [0.717, 1.165) is 42.3 Å². The first-order valence-corrected chi connectivity index (χ1v) is 7.37. The lowest BCUT2D eigenvalue weighted by atomic mass is 10.0. The Morgan fingerprint density at radius 1 is 1.24 bits per heavy atom. The van der Waals surface area contributed by atoms with E-state index in [-0.39, 0.29) is 11.7 Å². The van der Waals surface area contributed by atoms with E-state index in [0.29, 0.717) is 6.04 Å². The number of nitrogens with zero attached hydrogens (tertiary/aromatic N) is 1. The third-order valence-corrected chi connectivity index (χ3v) is 4.28. The van der Waals surface area contributed by atoms with Crippen LogP contribution in [0.3, 0.4) is 0 Å². The molecule has 2 N–H and O–H groups in total. The van der Waals surface area contributed by atoms with Gasteiger partial charge in [-0.2, -0.15) is 0 Å². The van der Waals surface area contributed by atoms with Crippen molar-refractivity contribution < 1.29 is 9.90 Å². The number of aromatic hydroxyl groups is 1. The van der Waals surface area contributed by atoms with E-state index < -0.39 is 0 Å². The maximum atomic E-state index is 12.7. The van der Waals surface area contributed by atoms with Gasteiger partial charge in [0.25, 0.3) is 5.91 Å². The molecule has 2 aromatic rings. The fraction of sp³-hybridized carbons (Fsp3) is 0.353. The molecular weight excluding hydrogens is 264 g/mol. The van der Waals surface area contributed by atoms with Crippen LogP contribution in [-0.2, 0) is 0 Å². The monoisotopic (exact) mass is 284 g/mol. The van der Waals surface area contributed by atoms with Crippen LogP contribution in [0, 0.1) is 0 Å². The number of nitrogens with one attached hydrogen (secondary N) is 1. The number of piperidine rings is 1. The minimum atomic E-state index is 0.0841.